The highest BCUT2D eigenvalue weighted by atomic mass is 16.5. The van der Waals surface area contributed by atoms with Gasteiger partial charge in [0, 0.05) is 13.6 Å². The van der Waals surface area contributed by atoms with Crippen molar-refractivity contribution in [3.05, 3.63) is 0 Å². The molecule has 0 radical (unpaired) electrons. The molecule has 1 unspecified atom stereocenters. The van der Waals surface area contributed by atoms with Crippen LogP contribution >= 0.6 is 0 Å². The smallest absolute Gasteiger partial charge is 0.248 e. The van der Waals surface area contributed by atoms with Gasteiger partial charge < -0.3 is 15.4 Å². The first-order chi connectivity index (χ1) is 5.24. The lowest BCUT2D eigenvalue weighted by Gasteiger charge is -2.29. The summed E-state index contributed by atoms with van der Waals surface area (Å²) < 4.78 is 5.23. The molecule has 64 valence electrons. The Morgan fingerprint density at radius 3 is 3.09 bits per heavy atom. The zero-order valence-corrected chi connectivity index (χ0v) is 6.75. The first-order valence-electron chi connectivity index (χ1n) is 3.79. The number of hydrogen-bond acceptors (Lipinski definition) is 3. The summed E-state index contributed by atoms with van der Waals surface area (Å²) in [4.78, 5) is 12.6. The van der Waals surface area contributed by atoms with Gasteiger partial charge in [-0.25, -0.2) is 0 Å². The van der Waals surface area contributed by atoms with Crippen molar-refractivity contribution in [3.8, 4) is 0 Å². The molecule has 0 aromatic carbocycles. The summed E-state index contributed by atoms with van der Waals surface area (Å²) in [7, 11) is 1.79. The number of carbonyl (C=O) groups excluding carboxylic acids is 1. The van der Waals surface area contributed by atoms with E-state index < -0.39 is 0 Å². The standard InChI is InChI=1S/C7H14N2O2/c1-9-4-6(2-3-8)11-5-7(9)10/h6H,2-5,8H2,1H3. The molecule has 0 aromatic heterocycles. The van der Waals surface area contributed by atoms with Gasteiger partial charge in [0.2, 0.25) is 5.91 Å². The Morgan fingerprint density at radius 1 is 1.82 bits per heavy atom. The maximum atomic E-state index is 10.9. The predicted molar refractivity (Wildman–Crippen MR) is 41.0 cm³/mol. The van der Waals surface area contributed by atoms with E-state index in [0.29, 0.717) is 13.1 Å². The molecule has 11 heavy (non-hydrogen) atoms. The van der Waals surface area contributed by atoms with Crippen LogP contribution in [0.5, 0.6) is 0 Å². The van der Waals surface area contributed by atoms with E-state index in [1.807, 2.05) is 0 Å². The molecule has 1 aliphatic heterocycles. The number of morpholine rings is 1. The van der Waals surface area contributed by atoms with Gasteiger partial charge in [-0.1, -0.05) is 0 Å². The molecule has 0 aliphatic carbocycles. The van der Waals surface area contributed by atoms with Crippen molar-refractivity contribution in [2.45, 2.75) is 12.5 Å². The molecule has 0 aromatic rings. The van der Waals surface area contributed by atoms with Gasteiger partial charge in [-0.3, -0.25) is 4.79 Å². The molecule has 1 atom stereocenters. The fraction of sp³-hybridized carbons (Fsp3) is 0.857. The van der Waals surface area contributed by atoms with Crippen LogP contribution in [-0.2, 0) is 9.53 Å². The third kappa shape index (κ3) is 2.17. The summed E-state index contributed by atoms with van der Waals surface area (Å²) >= 11 is 0. The molecule has 1 aliphatic rings. The van der Waals surface area contributed by atoms with Gasteiger partial charge in [0.15, 0.2) is 0 Å². The minimum absolute atomic E-state index is 0.0540. The maximum Gasteiger partial charge on any atom is 0.248 e. The molecule has 0 spiro atoms. The molecule has 1 fully saturated rings. The van der Waals surface area contributed by atoms with Crippen molar-refractivity contribution in [2.75, 3.05) is 26.7 Å². The molecule has 1 saturated heterocycles. The summed E-state index contributed by atoms with van der Waals surface area (Å²) in [5.74, 6) is 0.0540. The van der Waals surface area contributed by atoms with Crippen molar-refractivity contribution >= 4 is 5.91 Å². The first-order valence-corrected chi connectivity index (χ1v) is 3.79. The second kappa shape index (κ2) is 3.69. The van der Waals surface area contributed by atoms with Crippen molar-refractivity contribution in [2.24, 2.45) is 5.73 Å². The number of ether oxygens (including phenoxy) is 1. The molecule has 1 heterocycles. The lowest BCUT2D eigenvalue weighted by Crippen LogP contribution is -2.44. The van der Waals surface area contributed by atoms with E-state index in [1.165, 1.54) is 0 Å². The van der Waals surface area contributed by atoms with Gasteiger partial charge >= 0.3 is 0 Å². The highest BCUT2D eigenvalue weighted by Gasteiger charge is 2.22. The highest BCUT2D eigenvalue weighted by Crippen LogP contribution is 2.06. The van der Waals surface area contributed by atoms with E-state index in [-0.39, 0.29) is 18.6 Å². The van der Waals surface area contributed by atoms with E-state index in [2.05, 4.69) is 0 Å². The Morgan fingerprint density at radius 2 is 2.55 bits per heavy atom. The Balaban J connectivity index is 2.33. The molecular weight excluding hydrogens is 144 g/mol. The number of carbonyl (C=O) groups is 1. The molecular formula is C7H14N2O2. The number of amides is 1. The monoisotopic (exact) mass is 158 g/mol. The zero-order chi connectivity index (χ0) is 8.27. The molecule has 1 amide bonds. The quantitative estimate of drug-likeness (QED) is 0.572. The predicted octanol–water partition coefficient (Wildman–Crippen LogP) is -0.808. The summed E-state index contributed by atoms with van der Waals surface area (Å²) in [6.45, 7) is 1.50. The van der Waals surface area contributed by atoms with Gasteiger partial charge in [0.25, 0.3) is 0 Å². The van der Waals surface area contributed by atoms with Crippen molar-refractivity contribution in [3.63, 3.8) is 0 Å². The second-order valence-corrected chi connectivity index (χ2v) is 2.78. The van der Waals surface area contributed by atoms with Gasteiger partial charge in [0.05, 0.1) is 6.10 Å². The van der Waals surface area contributed by atoms with E-state index in [0.717, 1.165) is 6.42 Å². The largest absolute Gasteiger partial charge is 0.367 e. The summed E-state index contributed by atoms with van der Waals surface area (Å²) in [6.07, 6.45) is 0.972. The van der Waals surface area contributed by atoms with Crippen molar-refractivity contribution < 1.29 is 9.53 Å². The van der Waals surface area contributed by atoms with Crippen LogP contribution in [-0.4, -0.2) is 43.7 Å². The fourth-order valence-electron chi connectivity index (χ4n) is 1.12. The minimum Gasteiger partial charge on any atom is -0.367 e. The SMILES string of the molecule is CN1CC(CCN)OCC1=O. The van der Waals surface area contributed by atoms with Crippen LogP contribution in [0.4, 0.5) is 0 Å². The molecule has 0 saturated carbocycles. The average molecular weight is 158 g/mol. The molecule has 4 heteroatoms. The Hall–Kier alpha value is -0.610. The lowest BCUT2D eigenvalue weighted by molar-refractivity contribution is -0.146. The summed E-state index contributed by atoms with van der Waals surface area (Å²) in [5.41, 5.74) is 5.36. The van der Waals surface area contributed by atoms with Crippen LogP contribution in [0, 0.1) is 0 Å². The van der Waals surface area contributed by atoms with Crippen molar-refractivity contribution in [1.29, 1.82) is 0 Å². The number of rotatable bonds is 2. The lowest BCUT2D eigenvalue weighted by atomic mass is 10.2. The number of likely N-dealkylation sites (N-methyl/N-ethyl adjacent to an activating group) is 1. The van der Waals surface area contributed by atoms with Crippen LogP contribution < -0.4 is 5.73 Å². The van der Waals surface area contributed by atoms with Crippen LogP contribution in [0.25, 0.3) is 0 Å². The van der Waals surface area contributed by atoms with Gasteiger partial charge in [-0.15, -0.1) is 0 Å². The molecule has 2 N–H and O–H groups in total. The molecule has 4 nitrogen and oxygen atoms in total. The topological polar surface area (TPSA) is 55.6 Å². The molecule has 0 bridgehead atoms. The van der Waals surface area contributed by atoms with Gasteiger partial charge in [-0.05, 0) is 13.0 Å². The number of hydrogen-bond donors (Lipinski definition) is 1. The fourth-order valence-corrected chi connectivity index (χ4v) is 1.12. The van der Waals surface area contributed by atoms with E-state index in [1.54, 1.807) is 11.9 Å². The normalized spacial score (nSPS) is 25.8. The Kier molecular flexibility index (Phi) is 2.84. The van der Waals surface area contributed by atoms with Gasteiger partial charge in [0.1, 0.15) is 6.61 Å². The highest BCUT2D eigenvalue weighted by molar-refractivity contribution is 5.77. The Labute approximate surface area is 66.3 Å². The number of nitrogens with zero attached hydrogens (tertiary/aromatic N) is 1. The van der Waals surface area contributed by atoms with Gasteiger partial charge in [-0.2, -0.15) is 0 Å². The third-order valence-electron chi connectivity index (χ3n) is 1.83. The third-order valence-corrected chi connectivity index (χ3v) is 1.83. The summed E-state index contributed by atoms with van der Waals surface area (Å²) in [6, 6.07) is 0. The first kappa shape index (κ1) is 8.49. The average Bonchev–Trinajstić information content (AvgIpc) is 1.98. The zero-order valence-electron chi connectivity index (χ0n) is 6.75. The van der Waals surface area contributed by atoms with Crippen LogP contribution in [0.3, 0.4) is 0 Å². The van der Waals surface area contributed by atoms with E-state index in [4.69, 9.17) is 10.5 Å². The summed E-state index contributed by atoms with van der Waals surface area (Å²) in [5, 5.41) is 0. The number of nitrogens with two attached hydrogens (primary N) is 1. The van der Waals surface area contributed by atoms with E-state index in [9.17, 15) is 4.79 Å². The molecule has 1 rings (SSSR count). The van der Waals surface area contributed by atoms with Crippen LogP contribution in [0.1, 0.15) is 6.42 Å². The Bertz CT molecular complexity index is 149. The maximum absolute atomic E-state index is 10.9. The van der Waals surface area contributed by atoms with E-state index >= 15 is 0 Å². The van der Waals surface area contributed by atoms with Crippen molar-refractivity contribution in [1.82, 2.24) is 4.90 Å². The van der Waals surface area contributed by atoms with Crippen LogP contribution in [0.15, 0.2) is 0 Å². The second-order valence-electron chi connectivity index (χ2n) is 2.78. The van der Waals surface area contributed by atoms with Crippen LogP contribution in [0.2, 0.25) is 0 Å². The minimum atomic E-state index is 0.0540.